The van der Waals surface area contributed by atoms with Gasteiger partial charge in [0.1, 0.15) is 11.5 Å². The monoisotopic (exact) mass is 338 g/mol. The average Bonchev–Trinajstić information content (AvgIpc) is 2.68. The predicted molar refractivity (Wildman–Crippen MR) is 99.5 cm³/mol. The molecule has 0 amide bonds. The van der Waals surface area contributed by atoms with E-state index in [4.69, 9.17) is 9.47 Å². The lowest BCUT2D eigenvalue weighted by Crippen LogP contribution is -1.95. The normalized spacial score (nSPS) is 11.7. The summed E-state index contributed by atoms with van der Waals surface area (Å²) in [7, 11) is 0. The second kappa shape index (κ2) is 6.01. The Morgan fingerprint density at radius 3 is 1.46 bits per heavy atom. The number of fused-ring (bicyclic) bond motifs is 10. The molecule has 5 rings (SSSR count). The molecular formula is C22H14N2O2. The Labute approximate surface area is 150 Å². The third kappa shape index (κ3) is 2.78. The van der Waals surface area contributed by atoms with Crippen LogP contribution in [0.1, 0.15) is 0 Å². The van der Waals surface area contributed by atoms with Crippen LogP contribution in [0, 0.1) is 0 Å². The minimum atomic E-state index is 0.526. The van der Waals surface area contributed by atoms with E-state index in [1.54, 1.807) is 0 Å². The van der Waals surface area contributed by atoms with Crippen LogP contribution in [0.5, 0.6) is 23.3 Å². The zero-order chi connectivity index (χ0) is 17.3. The number of rotatable bonds is 0. The van der Waals surface area contributed by atoms with Crippen molar-refractivity contribution in [1.82, 2.24) is 9.97 Å². The van der Waals surface area contributed by atoms with Gasteiger partial charge in [0.05, 0.1) is 11.4 Å². The molecule has 3 heterocycles. The molecular weight excluding hydrogens is 324 g/mol. The number of ether oxygens (including phenoxy) is 2. The van der Waals surface area contributed by atoms with E-state index in [0.29, 0.717) is 11.8 Å². The first kappa shape index (κ1) is 14.7. The highest BCUT2D eigenvalue weighted by atomic mass is 16.5. The van der Waals surface area contributed by atoms with Crippen molar-refractivity contribution < 1.29 is 9.47 Å². The van der Waals surface area contributed by atoms with Gasteiger partial charge < -0.3 is 9.47 Å². The summed E-state index contributed by atoms with van der Waals surface area (Å²) in [6.45, 7) is 0. The molecule has 2 aromatic carbocycles. The van der Waals surface area contributed by atoms with Crippen molar-refractivity contribution in [3.63, 3.8) is 0 Å². The van der Waals surface area contributed by atoms with E-state index in [9.17, 15) is 0 Å². The van der Waals surface area contributed by atoms with Crippen molar-refractivity contribution in [1.29, 1.82) is 0 Å². The van der Waals surface area contributed by atoms with E-state index < -0.39 is 0 Å². The van der Waals surface area contributed by atoms with Crippen LogP contribution in [-0.4, -0.2) is 9.97 Å². The maximum Gasteiger partial charge on any atom is 0.219 e. The van der Waals surface area contributed by atoms with Gasteiger partial charge >= 0.3 is 0 Å². The lowest BCUT2D eigenvalue weighted by molar-refractivity contribution is 0.460. The van der Waals surface area contributed by atoms with Gasteiger partial charge in [0.2, 0.25) is 11.8 Å². The summed E-state index contributed by atoms with van der Waals surface area (Å²) < 4.78 is 12.0. The highest BCUT2D eigenvalue weighted by Gasteiger charge is 2.09. The summed E-state index contributed by atoms with van der Waals surface area (Å²) in [6, 6.07) is 27.2. The number of hydrogen-bond acceptors (Lipinski definition) is 4. The molecule has 8 bridgehead atoms. The summed E-state index contributed by atoms with van der Waals surface area (Å²) in [5.74, 6) is 2.52. The third-order valence-corrected chi connectivity index (χ3v) is 4.16. The fourth-order valence-corrected chi connectivity index (χ4v) is 2.95. The van der Waals surface area contributed by atoms with E-state index in [1.807, 2.05) is 84.9 Å². The Kier molecular flexibility index (Phi) is 3.39. The molecule has 0 radical (unpaired) electrons. The van der Waals surface area contributed by atoms with E-state index in [2.05, 4.69) is 9.97 Å². The molecule has 124 valence electrons. The Bertz CT molecular complexity index is 932. The topological polar surface area (TPSA) is 44.2 Å². The summed E-state index contributed by atoms with van der Waals surface area (Å²) >= 11 is 0. The van der Waals surface area contributed by atoms with Gasteiger partial charge in [0, 0.05) is 12.1 Å². The molecule has 4 aromatic rings. The lowest BCUT2D eigenvalue weighted by Gasteiger charge is -2.12. The highest BCUT2D eigenvalue weighted by molar-refractivity contribution is 5.67. The van der Waals surface area contributed by atoms with Crippen LogP contribution in [0.4, 0.5) is 0 Å². The molecule has 4 heteroatoms. The zero-order valence-electron chi connectivity index (χ0n) is 13.8. The lowest BCUT2D eigenvalue weighted by atomic mass is 10.1. The number of nitrogens with zero attached hydrogens (tertiary/aromatic N) is 2. The van der Waals surface area contributed by atoms with E-state index >= 15 is 0 Å². The highest BCUT2D eigenvalue weighted by Crippen LogP contribution is 2.31. The summed E-state index contributed by atoms with van der Waals surface area (Å²) in [5.41, 5.74) is 3.55. The summed E-state index contributed by atoms with van der Waals surface area (Å²) in [5, 5.41) is 0. The molecule has 1 aliphatic rings. The fraction of sp³-hybridized carbons (Fsp3) is 0. The third-order valence-electron chi connectivity index (χ3n) is 4.16. The van der Waals surface area contributed by atoms with Crippen LogP contribution in [0.25, 0.3) is 22.5 Å². The Balaban J connectivity index is 1.73. The molecule has 4 nitrogen and oxygen atoms in total. The maximum absolute atomic E-state index is 5.98. The Morgan fingerprint density at radius 1 is 0.500 bits per heavy atom. The first-order valence-electron chi connectivity index (χ1n) is 8.34. The van der Waals surface area contributed by atoms with E-state index in [-0.39, 0.29) is 0 Å². The zero-order valence-corrected chi connectivity index (χ0v) is 13.8. The average molecular weight is 338 g/mol. The van der Waals surface area contributed by atoms with Gasteiger partial charge in [0.15, 0.2) is 0 Å². The van der Waals surface area contributed by atoms with Gasteiger partial charge in [-0.1, -0.05) is 36.4 Å². The smallest absolute Gasteiger partial charge is 0.219 e. The first-order chi connectivity index (χ1) is 12.8. The molecule has 0 saturated heterocycles. The minimum absolute atomic E-state index is 0.526. The van der Waals surface area contributed by atoms with Gasteiger partial charge in [-0.15, -0.1) is 0 Å². The number of pyridine rings is 2. The second-order valence-electron chi connectivity index (χ2n) is 5.98. The van der Waals surface area contributed by atoms with Crippen molar-refractivity contribution >= 4 is 0 Å². The summed E-state index contributed by atoms with van der Waals surface area (Å²) in [6.07, 6.45) is 0. The molecule has 0 spiro atoms. The van der Waals surface area contributed by atoms with Gasteiger partial charge in [-0.05, 0) is 47.5 Å². The molecule has 0 aliphatic carbocycles. The number of benzene rings is 2. The standard InChI is InChI=1S/C22H14N2O2/c1-5-15-13-17(7-1)25-21-11-3-9-19(23-21)20-10-4-12-22(24-20)26-18-8-2-6-16(15)14-18/h1-14H. The SMILES string of the molecule is c1cc2cc(c1)-c1cccc(c1)Oc1cccc(n1)-c1cccc(n1)O2. The van der Waals surface area contributed by atoms with Gasteiger partial charge in [0.25, 0.3) is 0 Å². The van der Waals surface area contributed by atoms with Crippen molar-refractivity contribution in [2.24, 2.45) is 0 Å². The van der Waals surface area contributed by atoms with Crippen LogP contribution >= 0.6 is 0 Å². The quantitative estimate of drug-likeness (QED) is 0.363. The van der Waals surface area contributed by atoms with E-state index in [1.165, 1.54) is 0 Å². The Hall–Kier alpha value is -3.66. The maximum atomic E-state index is 5.98. The predicted octanol–water partition coefficient (Wildman–Crippen LogP) is 5.71. The van der Waals surface area contributed by atoms with Crippen LogP contribution in [0.3, 0.4) is 0 Å². The van der Waals surface area contributed by atoms with Crippen molar-refractivity contribution in [3.05, 3.63) is 84.9 Å². The minimum Gasteiger partial charge on any atom is -0.439 e. The molecule has 0 saturated carbocycles. The van der Waals surface area contributed by atoms with Crippen molar-refractivity contribution in [2.75, 3.05) is 0 Å². The molecule has 0 unspecified atom stereocenters. The number of hydrogen-bond donors (Lipinski definition) is 0. The molecule has 0 atom stereocenters. The van der Waals surface area contributed by atoms with Gasteiger partial charge in [-0.2, -0.15) is 0 Å². The van der Waals surface area contributed by atoms with Crippen LogP contribution in [0.2, 0.25) is 0 Å². The van der Waals surface area contributed by atoms with Crippen LogP contribution in [0.15, 0.2) is 84.9 Å². The fourth-order valence-electron chi connectivity index (χ4n) is 2.95. The Morgan fingerprint density at radius 2 is 0.962 bits per heavy atom. The van der Waals surface area contributed by atoms with E-state index in [0.717, 1.165) is 34.0 Å². The first-order valence-corrected chi connectivity index (χ1v) is 8.34. The van der Waals surface area contributed by atoms with Gasteiger partial charge in [-0.3, -0.25) is 0 Å². The van der Waals surface area contributed by atoms with Crippen LogP contribution < -0.4 is 9.47 Å². The second-order valence-corrected chi connectivity index (χ2v) is 5.98. The van der Waals surface area contributed by atoms with Gasteiger partial charge in [-0.25, -0.2) is 9.97 Å². The molecule has 0 N–H and O–H groups in total. The van der Waals surface area contributed by atoms with Crippen LogP contribution in [-0.2, 0) is 0 Å². The van der Waals surface area contributed by atoms with Crippen molar-refractivity contribution in [3.8, 4) is 45.8 Å². The summed E-state index contributed by atoms with van der Waals surface area (Å²) in [4.78, 5) is 9.15. The molecule has 26 heavy (non-hydrogen) atoms. The molecule has 1 aliphatic heterocycles. The molecule has 0 fully saturated rings. The largest absolute Gasteiger partial charge is 0.439 e. The van der Waals surface area contributed by atoms with Crippen molar-refractivity contribution in [2.45, 2.75) is 0 Å². The molecule has 2 aromatic heterocycles. The number of aromatic nitrogens is 2.